The number of amides is 1. The molecule has 0 spiro atoms. The molecule has 0 saturated carbocycles. The van der Waals surface area contributed by atoms with E-state index in [1.165, 1.54) is 17.7 Å². The standard InChI is InChI=1S/C23H19N5O4/c1-15(29)17-4-2-5-18(12-17)26-20(30)14-27-19-6-3-9-25-21(19)22(31)28(23(27)32)13-16-7-10-24-11-8-16/h2-12H,13-14H2,1H3,(H,26,30). The van der Waals surface area contributed by atoms with Crippen LogP contribution in [0.2, 0.25) is 0 Å². The zero-order chi connectivity index (χ0) is 22.7. The van der Waals surface area contributed by atoms with Crippen molar-refractivity contribution in [1.82, 2.24) is 19.1 Å². The fraction of sp³-hybridized carbons (Fsp3) is 0.130. The molecule has 0 atom stereocenters. The van der Waals surface area contributed by atoms with Gasteiger partial charge in [-0.15, -0.1) is 0 Å². The molecule has 0 fully saturated rings. The largest absolute Gasteiger partial charge is 0.332 e. The van der Waals surface area contributed by atoms with E-state index in [1.54, 1.807) is 60.9 Å². The first-order chi connectivity index (χ1) is 15.4. The number of anilines is 1. The van der Waals surface area contributed by atoms with Crippen LogP contribution < -0.4 is 16.6 Å². The van der Waals surface area contributed by atoms with Gasteiger partial charge in [0, 0.05) is 29.8 Å². The zero-order valence-electron chi connectivity index (χ0n) is 17.2. The molecule has 0 aliphatic carbocycles. The van der Waals surface area contributed by atoms with Gasteiger partial charge in [-0.25, -0.2) is 9.78 Å². The third-order valence-electron chi connectivity index (χ3n) is 4.93. The van der Waals surface area contributed by atoms with E-state index in [0.717, 1.165) is 4.57 Å². The molecule has 1 N–H and O–H groups in total. The van der Waals surface area contributed by atoms with Gasteiger partial charge in [0.05, 0.1) is 12.1 Å². The van der Waals surface area contributed by atoms with Gasteiger partial charge in [-0.05, 0) is 48.9 Å². The Morgan fingerprint density at radius 2 is 1.75 bits per heavy atom. The predicted molar refractivity (Wildman–Crippen MR) is 119 cm³/mol. The van der Waals surface area contributed by atoms with Crippen molar-refractivity contribution in [3.63, 3.8) is 0 Å². The van der Waals surface area contributed by atoms with Gasteiger partial charge in [0.15, 0.2) is 11.3 Å². The highest BCUT2D eigenvalue weighted by molar-refractivity contribution is 5.97. The molecule has 0 unspecified atom stereocenters. The van der Waals surface area contributed by atoms with Gasteiger partial charge < -0.3 is 5.32 Å². The van der Waals surface area contributed by atoms with Gasteiger partial charge in [-0.1, -0.05) is 12.1 Å². The first-order valence-corrected chi connectivity index (χ1v) is 9.82. The number of carbonyl (C=O) groups is 2. The summed E-state index contributed by atoms with van der Waals surface area (Å²) in [5, 5.41) is 2.69. The number of hydrogen-bond acceptors (Lipinski definition) is 6. The van der Waals surface area contributed by atoms with Crippen LogP contribution >= 0.6 is 0 Å². The number of nitrogens with zero attached hydrogens (tertiary/aromatic N) is 4. The van der Waals surface area contributed by atoms with E-state index in [2.05, 4.69) is 15.3 Å². The SMILES string of the molecule is CC(=O)c1cccc(NC(=O)Cn2c(=O)n(Cc3ccncc3)c(=O)c3ncccc32)c1. The summed E-state index contributed by atoms with van der Waals surface area (Å²) in [6, 6.07) is 13.1. The highest BCUT2D eigenvalue weighted by atomic mass is 16.2. The summed E-state index contributed by atoms with van der Waals surface area (Å²) < 4.78 is 2.27. The van der Waals surface area contributed by atoms with E-state index in [9.17, 15) is 19.2 Å². The number of Topliss-reactive ketones (excluding diaryl/α,β-unsaturated/α-hetero) is 1. The molecule has 4 aromatic rings. The molecule has 3 heterocycles. The average Bonchev–Trinajstić information content (AvgIpc) is 2.80. The van der Waals surface area contributed by atoms with Gasteiger partial charge in [0.2, 0.25) is 5.91 Å². The van der Waals surface area contributed by atoms with Crippen LogP contribution in [-0.4, -0.2) is 30.8 Å². The number of nitrogens with one attached hydrogen (secondary N) is 1. The maximum atomic E-state index is 13.2. The summed E-state index contributed by atoms with van der Waals surface area (Å²) in [6.07, 6.45) is 4.60. The number of benzene rings is 1. The van der Waals surface area contributed by atoms with E-state index < -0.39 is 17.2 Å². The van der Waals surface area contributed by atoms with Crippen LogP contribution in [0.4, 0.5) is 5.69 Å². The average molecular weight is 429 g/mol. The second kappa shape index (κ2) is 8.76. The van der Waals surface area contributed by atoms with Crippen LogP contribution in [0, 0.1) is 0 Å². The smallest absolute Gasteiger partial charge is 0.325 e. The molecule has 0 saturated heterocycles. The van der Waals surface area contributed by atoms with E-state index in [1.807, 2.05) is 0 Å². The lowest BCUT2D eigenvalue weighted by atomic mass is 10.1. The first-order valence-electron chi connectivity index (χ1n) is 9.82. The van der Waals surface area contributed by atoms with Gasteiger partial charge in [0.1, 0.15) is 6.54 Å². The van der Waals surface area contributed by atoms with Crippen LogP contribution in [0.5, 0.6) is 0 Å². The van der Waals surface area contributed by atoms with Crippen molar-refractivity contribution in [2.24, 2.45) is 0 Å². The van der Waals surface area contributed by atoms with Crippen molar-refractivity contribution in [3.05, 3.63) is 99.1 Å². The summed E-state index contributed by atoms with van der Waals surface area (Å²) in [6.45, 7) is 1.13. The second-order valence-electron chi connectivity index (χ2n) is 7.17. The fourth-order valence-electron chi connectivity index (χ4n) is 3.37. The Morgan fingerprint density at radius 3 is 2.50 bits per heavy atom. The van der Waals surface area contributed by atoms with Crippen molar-refractivity contribution >= 4 is 28.4 Å². The minimum Gasteiger partial charge on any atom is -0.325 e. The van der Waals surface area contributed by atoms with Crippen LogP contribution in [-0.2, 0) is 17.9 Å². The molecule has 32 heavy (non-hydrogen) atoms. The molecule has 0 aliphatic rings. The number of pyridine rings is 2. The molecule has 160 valence electrons. The van der Waals surface area contributed by atoms with E-state index >= 15 is 0 Å². The summed E-state index contributed by atoms with van der Waals surface area (Å²) >= 11 is 0. The maximum Gasteiger partial charge on any atom is 0.332 e. The Hall–Kier alpha value is -4.40. The van der Waals surface area contributed by atoms with Crippen LogP contribution in [0.15, 0.2) is 76.7 Å². The van der Waals surface area contributed by atoms with Crippen LogP contribution in [0.25, 0.3) is 11.0 Å². The lowest BCUT2D eigenvalue weighted by molar-refractivity contribution is -0.116. The van der Waals surface area contributed by atoms with Gasteiger partial charge in [-0.3, -0.25) is 28.5 Å². The van der Waals surface area contributed by atoms with Gasteiger partial charge >= 0.3 is 5.69 Å². The molecular formula is C23H19N5O4. The van der Waals surface area contributed by atoms with Crippen molar-refractivity contribution in [3.8, 4) is 0 Å². The highest BCUT2D eigenvalue weighted by Gasteiger charge is 2.16. The molecular weight excluding hydrogens is 410 g/mol. The molecule has 3 aromatic heterocycles. The molecule has 1 aromatic carbocycles. The lowest BCUT2D eigenvalue weighted by Crippen LogP contribution is -2.42. The monoisotopic (exact) mass is 429 g/mol. The Kier molecular flexibility index (Phi) is 5.71. The minimum absolute atomic E-state index is 0.0228. The Bertz CT molecular complexity index is 1440. The summed E-state index contributed by atoms with van der Waals surface area (Å²) in [5.74, 6) is -0.607. The second-order valence-corrected chi connectivity index (χ2v) is 7.17. The summed E-state index contributed by atoms with van der Waals surface area (Å²) in [5.41, 5.74) is 0.803. The number of aromatic nitrogens is 4. The number of rotatable bonds is 6. The zero-order valence-corrected chi connectivity index (χ0v) is 17.2. The van der Waals surface area contributed by atoms with Gasteiger partial charge in [0.25, 0.3) is 5.56 Å². The molecule has 9 nitrogen and oxygen atoms in total. The van der Waals surface area contributed by atoms with Crippen molar-refractivity contribution in [2.45, 2.75) is 20.0 Å². The van der Waals surface area contributed by atoms with Crippen molar-refractivity contribution in [1.29, 1.82) is 0 Å². The third kappa shape index (κ3) is 4.22. The number of carbonyl (C=O) groups excluding carboxylic acids is 2. The fourth-order valence-corrected chi connectivity index (χ4v) is 3.37. The summed E-state index contributed by atoms with van der Waals surface area (Å²) in [7, 11) is 0. The molecule has 0 bridgehead atoms. The minimum atomic E-state index is -0.625. The number of ketones is 1. The van der Waals surface area contributed by atoms with Crippen LogP contribution in [0.1, 0.15) is 22.8 Å². The van der Waals surface area contributed by atoms with E-state index in [0.29, 0.717) is 16.8 Å². The number of hydrogen-bond donors (Lipinski definition) is 1. The normalized spacial score (nSPS) is 10.8. The molecule has 4 rings (SSSR count). The Balaban J connectivity index is 1.72. The molecule has 0 aliphatic heterocycles. The first kappa shape index (κ1) is 20.9. The quantitative estimate of drug-likeness (QED) is 0.468. The molecule has 1 amide bonds. The number of fused-ring (bicyclic) bond motifs is 1. The molecule has 9 heteroatoms. The van der Waals surface area contributed by atoms with Crippen molar-refractivity contribution < 1.29 is 9.59 Å². The van der Waals surface area contributed by atoms with Crippen LogP contribution in [0.3, 0.4) is 0 Å². The lowest BCUT2D eigenvalue weighted by Gasteiger charge is -2.14. The highest BCUT2D eigenvalue weighted by Crippen LogP contribution is 2.12. The van der Waals surface area contributed by atoms with Gasteiger partial charge in [-0.2, -0.15) is 0 Å². The summed E-state index contributed by atoms with van der Waals surface area (Å²) in [4.78, 5) is 58.5. The van der Waals surface area contributed by atoms with E-state index in [4.69, 9.17) is 0 Å². The molecule has 0 radical (unpaired) electrons. The Morgan fingerprint density at radius 1 is 0.969 bits per heavy atom. The third-order valence-corrected chi connectivity index (χ3v) is 4.93. The Labute approximate surface area is 182 Å². The predicted octanol–water partition coefficient (Wildman–Crippen LogP) is 1.84. The topological polar surface area (TPSA) is 116 Å². The van der Waals surface area contributed by atoms with E-state index in [-0.39, 0.29) is 29.9 Å². The maximum absolute atomic E-state index is 13.2. The van der Waals surface area contributed by atoms with Crippen molar-refractivity contribution in [2.75, 3.05) is 5.32 Å².